The number of hydrogen-bond donors (Lipinski definition) is 0. The summed E-state index contributed by atoms with van der Waals surface area (Å²) < 4.78 is 18.8. The molecule has 92 valence electrons. The molecule has 1 atom stereocenters. The van der Waals surface area contributed by atoms with E-state index in [1.807, 2.05) is 0 Å². The first-order valence-corrected chi connectivity index (χ1v) is 5.93. The number of hydrogen-bond acceptors (Lipinski definition) is 2. The maximum absolute atomic E-state index is 13.1. The molecule has 5 heteroatoms. The van der Waals surface area contributed by atoms with Gasteiger partial charge in [-0.1, -0.05) is 0 Å². The van der Waals surface area contributed by atoms with Gasteiger partial charge in [-0.05, 0) is 24.6 Å². The Morgan fingerprint density at radius 2 is 2.35 bits per heavy atom. The topological polar surface area (TPSA) is 29.5 Å². The first-order valence-electron chi connectivity index (χ1n) is 5.39. The molecule has 0 saturated carbocycles. The summed E-state index contributed by atoms with van der Waals surface area (Å²) in [6.45, 7) is 0.460. The van der Waals surface area contributed by atoms with Gasteiger partial charge in [-0.25, -0.2) is 4.39 Å². The van der Waals surface area contributed by atoms with Crippen molar-refractivity contribution in [2.75, 3.05) is 19.5 Å². The van der Waals surface area contributed by atoms with Crippen molar-refractivity contribution in [2.45, 2.75) is 12.5 Å². The van der Waals surface area contributed by atoms with Crippen LogP contribution in [0.5, 0.6) is 5.75 Å². The average Bonchev–Trinajstić information content (AvgIpc) is 2.40. The molecule has 0 N–H and O–H groups in total. The van der Waals surface area contributed by atoms with E-state index in [0.717, 1.165) is 0 Å². The Hall–Kier alpha value is -1.29. The summed E-state index contributed by atoms with van der Waals surface area (Å²) in [6, 6.07) is 3.98. The van der Waals surface area contributed by atoms with E-state index in [2.05, 4.69) is 0 Å². The molecule has 0 radical (unpaired) electrons. The molecule has 0 fully saturated rings. The second-order valence-corrected chi connectivity index (χ2v) is 4.42. The van der Waals surface area contributed by atoms with Crippen LogP contribution in [0.3, 0.4) is 0 Å². The molecule has 0 spiro atoms. The lowest BCUT2D eigenvalue weighted by atomic mass is 10.2. The summed E-state index contributed by atoms with van der Waals surface area (Å²) in [5, 5.41) is 0. The molecule has 3 nitrogen and oxygen atoms in total. The predicted octanol–water partition coefficient (Wildman–Crippen LogP) is 2.29. The number of halogens is 2. The van der Waals surface area contributed by atoms with Crippen LogP contribution < -0.4 is 4.74 Å². The highest BCUT2D eigenvalue weighted by molar-refractivity contribution is 6.17. The van der Waals surface area contributed by atoms with E-state index < -0.39 is 5.82 Å². The van der Waals surface area contributed by atoms with Crippen LogP contribution in [0.15, 0.2) is 18.2 Å². The third kappa shape index (κ3) is 2.52. The zero-order valence-electron chi connectivity index (χ0n) is 9.45. The van der Waals surface area contributed by atoms with Crippen molar-refractivity contribution in [2.24, 2.45) is 0 Å². The lowest BCUT2D eigenvalue weighted by Crippen LogP contribution is -2.34. The van der Waals surface area contributed by atoms with Crippen molar-refractivity contribution in [3.63, 3.8) is 0 Å². The third-order valence-electron chi connectivity index (χ3n) is 2.72. The van der Waals surface area contributed by atoms with E-state index in [0.29, 0.717) is 24.6 Å². The van der Waals surface area contributed by atoms with Crippen molar-refractivity contribution < 1.29 is 13.9 Å². The Bertz CT molecular complexity index is 439. The molecule has 0 bridgehead atoms. The summed E-state index contributed by atoms with van der Waals surface area (Å²) in [6.07, 6.45) is 0.504. The Labute approximate surface area is 104 Å². The summed E-state index contributed by atoms with van der Waals surface area (Å²) in [7, 11) is 1.67. The molecule has 17 heavy (non-hydrogen) atoms. The van der Waals surface area contributed by atoms with Crippen LogP contribution in [0, 0.1) is 5.82 Å². The Morgan fingerprint density at radius 1 is 1.59 bits per heavy atom. The molecule has 0 aromatic heterocycles. The standard InChI is InChI=1S/C12H13ClFNO2/c1-15-7-9(4-5-13)17-11-3-2-8(14)6-10(11)12(15)16/h2-3,6,9H,4-5,7H2,1H3. The molecule has 1 aromatic rings. The molecule has 0 aliphatic carbocycles. The van der Waals surface area contributed by atoms with Crippen LogP contribution in [0.2, 0.25) is 0 Å². The van der Waals surface area contributed by atoms with Crippen molar-refractivity contribution in [3.05, 3.63) is 29.6 Å². The largest absolute Gasteiger partial charge is 0.488 e. The van der Waals surface area contributed by atoms with Crippen LogP contribution in [-0.4, -0.2) is 36.4 Å². The highest BCUT2D eigenvalue weighted by atomic mass is 35.5. The second-order valence-electron chi connectivity index (χ2n) is 4.04. The van der Waals surface area contributed by atoms with Gasteiger partial charge in [-0.2, -0.15) is 0 Å². The van der Waals surface area contributed by atoms with E-state index >= 15 is 0 Å². The average molecular weight is 258 g/mol. The van der Waals surface area contributed by atoms with Gasteiger partial charge in [-0.15, -0.1) is 11.6 Å². The molecule has 1 unspecified atom stereocenters. The predicted molar refractivity (Wildman–Crippen MR) is 63.1 cm³/mol. The first-order chi connectivity index (χ1) is 8.11. The van der Waals surface area contributed by atoms with Crippen LogP contribution in [0.4, 0.5) is 4.39 Å². The number of rotatable bonds is 2. The molecule has 0 saturated heterocycles. The lowest BCUT2D eigenvalue weighted by Gasteiger charge is -2.19. The summed E-state index contributed by atoms with van der Waals surface area (Å²) in [5.74, 6) is 0.223. The number of ether oxygens (including phenoxy) is 1. The fourth-order valence-electron chi connectivity index (χ4n) is 1.85. The smallest absolute Gasteiger partial charge is 0.257 e. The quantitative estimate of drug-likeness (QED) is 0.761. The number of fused-ring (bicyclic) bond motifs is 1. The molecule has 1 heterocycles. The summed E-state index contributed by atoms with van der Waals surface area (Å²) in [4.78, 5) is 13.5. The van der Waals surface area contributed by atoms with E-state index in [9.17, 15) is 9.18 Å². The summed E-state index contributed by atoms with van der Waals surface area (Å²) in [5.41, 5.74) is 0.268. The van der Waals surface area contributed by atoms with Crippen LogP contribution in [0.1, 0.15) is 16.8 Å². The van der Waals surface area contributed by atoms with Gasteiger partial charge in [0, 0.05) is 12.9 Å². The highest BCUT2D eigenvalue weighted by Gasteiger charge is 2.26. The van der Waals surface area contributed by atoms with Gasteiger partial charge >= 0.3 is 0 Å². The zero-order chi connectivity index (χ0) is 12.4. The Balaban J connectivity index is 2.37. The fourth-order valence-corrected chi connectivity index (χ4v) is 2.10. The van der Waals surface area contributed by atoms with Gasteiger partial charge in [0.05, 0.1) is 12.1 Å². The number of amides is 1. The second kappa shape index (κ2) is 4.92. The monoisotopic (exact) mass is 257 g/mol. The van der Waals surface area contributed by atoms with Gasteiger partial charge in [0.25, 0.3) is 5.91 Å². The number of likely N-dealkylation sites (N-methyl/N-ethyl adjacent to an activating group) is 1. The number of carbonyl (C=O) groups is 1. The Kier molecular flexibility index (Phi) is 3.52. The Morgan fingerprint density at radius 3 is 3.06 bits per heavy atom. The van der Waals surface area contributed by atoms with Gasteiger partial charge in [0.2, 0.25) is 0 Å². The molecule has 1 aliphatic rings. The number of benzene rings is 1. The maximum Gasteiger partial charge on any atom is 0.257 e. The molecule has 1 aromatic carbocycles. The normalized spacial score (nSPS) is 19.6. The maximum atomic E-state index is 13.1. The molecular formula is C12H13ClFNO2. The van der Waals surface area contributed by atoms with Crippen LogP contribution in [0.25, 0.3) is 0 Å². The minimum Gasteiger partial charge on any atom is -0.488 e. The van der Waals surface area contributed by atoms with Crippen molar-refractivity contribution in [1.29, 1.82) is 0 Å². The third-order valence-corrected chi connectivity index (χ3v) is 2.94. The van der Waals surface area contributed by atoms with Crippen molar-refractivity contribution in [1.82, 2.24) is 4.90 Å². The minimum absolute atomic E-state index is 0.145. The van der Waals surface area contributed by atoms with E-state index in [4.69, 9.17) is 16.3 Å². The molecule has 2 rings (SSSR count). The molecule has 1 amide bonds. The number of carbonyl (C=O) groups excluding carboxylic acids is 1. The van der Waals surface area contributed by atoms with Gasteiger partial charge < -0.3 is 9.64 Å². The molecule has 1 aliphatic heterocycles. The lowest BCUT2D eigenvalue weighted by molar-refractivity contribution is 0.0759. The van der Waals surface area contributed by atoms with Gasteiger partial charge in [-0.3, -0.25) is 4.79 Å². The first kappa shape index (κ1) is 12.2. The van der Waals surface area contributed by atoms with Crippen LogP contribution in [-0.2, 0) is 0 Å². The molecular weight excluding hydrogens is 245 g/mol. The van der Waals surface area contributed by atoms with E-state index in [-0.39, 0.29) is 17.6 Å². The van der Waals surface area contributed by atoms with Crippen molar-refractivity contribution >= 4 is 17.5 Å². The van der Waals surface area contributed by atoms with E-state index in [1.165, 1.54) is 23.1 Å². The van der Waals surface area contributed by atoms with Crippen molar-refractivity contribution in [3.8, 4) is 5.75 Å². The number of nitrogens with zero attached hydrogens (tertiary/aromatic N) is 1. The van der Waals surface area contributed by atoms with E-state index in [1.54, 1.807) is 7.05 Å². The highest BCUT2D eigenvalue weighted by Crippen LogP contribution is 2.26. The SMILES string of the molecule is CN1CC(CCCl)Oc2ccc(F)cc2C1=O. The van der Waals surface area contributed by atoms with Crippen LogP contribution >= 0.6 is 11.6 Å². The van der Waals surface area contributed by atoms with Gasteiger partial charge in [0.1, 0.15) is 17.7 Å². The number of alkyl halides is 1. The van der Waals surface area contributed by atoms with Gasteiger partial charge in [0.15, 0.2) is 0 Å². The minimum atomic E-state index is -0.440. The zero-order valence-corrected chi connectivity index (χ0v) is 10.2. The fraction of sp³-hybridized carbons (Fsp3) is 0.417. The summed E-state index contributed by atoms with van der Waals surface area (Å²) >= 11 is 5.68.